The Morgan fingerprint density at radius 1 is 1.19 bits per heavy atom. The van der Waals surface area contributed by atoms with Gasteiger partial charge in [-0.05, 0) is 40.6 Å². The largest absolute Gasteiger partial charge is 0.336 e. The van der Waals surface area contributed by atoms with Crippen LogP contribution in [0.25, 0.3) is 0 Å². The molecule has 0 bridgehead atoms. The van der Waals surface area contributed by atoms with Gasteiger partial charge >= 0.3 is 0 Å². The molecule has 1 aliphatic heterocycles. The summed E-state index contributed by atoms with van der Waals surface area (Å²) < 4.78 is 0.949. The first kappa shape index (κ1) is 14.8. The summed E-state index contributed by atoms with van der Waals surface area (Å²) in [4.78, 5) is 16.8. The van der Waals surface area contributed by atoms with E-state index in [1.807, 2.05) is 29.2 Å². The topological polar surface area (TPSA) is 23.6 Å². The average molecular weight is 365 g/mol. The van der Waals surface area contributed by atoms with Crippen molar-refractivity contribution in [3.63, 3.8) is 0 Å². The van der Waals surface area contributed by atoms with E-state index in [0.717, 1.165) is 42.8 Å². The van der Waals surface area contributed by atoms with Gasteiger partial charge in [-0.1, -0.05) is 22.0 Å². The lowest BCUT2D eigenvalue weighted by atomic mass is 10.2. The fourth-order valence-electron chi connectivity index (χ4n) is 2.55. The summed E-state index contributed by atoms with van der Waals surface area (Å²) in [5.41, 5.74) is 2.13. The molecule has 1 fully saturated rings. The van der Waals surface area contributed by atoms with E-state index >= 15 is 0 Å². The number of carbonyl (C=O) groups excluding carboxylic acids is 1. The highest BCUT2D eigenvalue weighted by Gasteiger charge is 2.22. The lowest BCUT2D eigenvalue weighted by Gasteiger charge is -2.34. The predicted octanol–water partition coefficient (Wildman–Crippen LogP) is 3.47. The van der Waals surface area contributed by atoms with Gasteiger partial charge in [-0.25, -0.2) is 0 Å². The Bertz CT molecular complexity index is 606. The van der Waals surface area contributed by atoms with E-state index < -0.39 is 0 Å². The normalized spacial score (nSPS) is 16.1. The summed E-state index contributed by atoms with van der Waals surface area (Å²) in [6, 6.07) is 9.79. The van der Waals surface area contributed by atoms with E-state index in [1.165, 1.54) is 5.56 Å². The number of carbonyl (C=O) groups is 1. The van der Waals surface area contributed by atoms with Gasteiger partial charge in [0, 0.05) is 42.8 Å². The molecule has 2 aromatic rings. The maximum Gasteiger partial charge on any atom is 0.253 e. The van der Waals surface area contributed by atoms with Crippen molar-refractivity contribution < 1.29 is 4.79 Å². The Labute approximate surface area is 137 Å². The summed E-state index contributed by atoms with van der Waals surface area (Å²) in [5.74, 6) is 0.131. The molecular weight excluding hydrogens is 348 g/mol. The maximum atomic E-state index is 12.5. The van der Waals surface area contributed by atoms with E-state index in [2.05, 4.69) is 37.7 Å². The lowest BCUT2D eigenvalue weighted by molar-refractivity contribution is 0.0628. The van der Waals surface area contributed by atoms with Gasteiger partial charge in [0.05, 0.1) is 0 Å². The van der Waals surface area contributed by atoms with Gasteiger partial charge in [-0.2, -0.15) is 11.3 Å². The van der Waals surface area contributed by atoms with Gasteiger partial charge in [0.25, 0.3) is 5.91 Å². The van der Waals surface area contributed by atoms with Gasteiger partial charge in [0.2, 0.25) is 0 Å². The molecule has 0 aliphatic carbocycles. The van der Waals surface area contributed by atoms with Crippen molar-refractivity contribution in [3.05, 3.63) is 56.7 Å². The first-order valence-corrected chi connectivity index (χ1v) is 8.74. The van der Waals surface area contributed by atoms with Crippen molar-refractivity contribution in [2.75, 3.05) is 26.2 Å². The molecule has 0 N–H and O–H groups in total. The van der Waals surface area contributed by atoms with Crippen LogP contribution < -0.4 is 0 Å². The molecule has 1 saturated heterocycles. The second kappa shape index (κ2) is 6.73. The fraction of sp³-hybridized carbons (Fsp3) is 0.312. The lowest BCUT2D eigenvalue weighted by Crippen LogP contribution is -2.48. The van der Waals surface area contributed by atoms with Gasteiger partial charge in [-0.15, -0.1) is 0 Å². The number of hydrogen-bond acceptors (Lipinski definition) is 3. The Kier molecular flexibility index (Phi) is 4.73. The number of benzene rings is 1. The molecule has 0 radical (unpaired) electrons. The van der Waals surface area contributed by atoms with Crippen molar-refractivity contribution in [1.82, 2.24) is 9.80 Å². The molecule has 1 aromatic heterocycles. The summed E-state index contributed by atoms with van der Waals surface area (Å²) in [6.45, 7) is 4.47. The van der Waals surface area contributed by atoms with Crippen molar-refractivity contribution in [2.24, 2.45) is 0 Å². The number of nitrogens with zero attached hydrogens (tertiary/aromatic N) is 2. The van der Waals surface area contributed by atoms with Crippen LogP contribution in [0.2, 0.25) is 0 Å². The number of amides is 1. The first-order valence-electron chi connectivity index (χ1n) is 7.00. The molecule has 110 valence electrons. The Morgan fingerprint density at radius 2 is 2.00 bits per heavy atom. The van der Waals surface area contributed by atoms with Crippen LogP contribution in [0.1, 0.15) is 15.9 Å². The molecule has 0 atom stereocenters. The third kappa shape index (κ3) is 3.73. The Morgan fingerprint density at radius 3 is 2.67 bits per heavy atom. The SMILES string of the molecule is O=C(c1cccc(Br)c1)N1CCN(Cc2ccsc2)CC1. The third-order valence-electron chi connectivity index (χ3n) is 3.72. The predicted molar refractivity (Wildman–Crippen MR) is 89.6 cm³/mol. The zero-order valence-electron chi connectivity index (χ0n) is 11.7. The molecule has 3 nitrogen and oxygen atoms in total. The van der Waals surface area contributed by atoms with E-state index in [0.29, 0.717) is 0 Å². The molecule has 5 heteroatoms. The minimum Gasteiger partial charge on any atom is -0.336 e. The van der Waals surface area contributed by atoms with Crippen LogP contribution in [0.15, 0.2) is 45.6 Å². The average Bonchev–Trinajstić information content (AvgIpc) is 3.00. The van der Waals surface area contributed by atoms with Crippen LogP contribution in [-0.2, 0) is 6.54 Å². The second-order valence-corrected chi connectivity index (χ2v) is 6.91. The third-order valence-corrected chi connectivity index (χ3v) is 4.94. The molecule has 0 unspecified atom stereocenters. The summed E-state index contributed by atoms with van der Waals surface area (Å²) >= 11 is 5.16. The molecule has 0 spiro atoms. The number of rotatable bonds is 3. The molecule has 3 rings (SSSR count). The number of piperazine rings is 1. The van der Waals surface area contributed by atoms with Crippen LogP contribution in [0.3, 0.4) is 0 Å². The molecule has 1 aliphatic rings. The van der Waals surface area contributed by atoms with Crippen molar-refractivity contribution in [2.45, 2.75) is 6.54 Å². The van der Waals surface area contributed by atoms with Crippen molar-refractivity contribution in [1.29, 1.82) is 0 Å². The van der Waals surface area contributed by atoms with E-state index in [1.54, 1.807) is 11.3 Å². The summed E-state index contributed by atoms with van der Waals surface area (Å²) in [7, 11) is 0. The highest BCUT2D eigenvalue weighted by molar-refractivity contribution is 9.10. The van der Waals surface area contributed by atoms with E-state index in [9.17, 15) is 4.79 Å². The van der Waals surface area contributed by atoms with Crippen LogP contribution in [0.5, 0.6) is 0 Å². The van der Waals surface area contributed by atoms with Crippen LogP contribution in [0, 0.1) is 0 Å². The highest BCUT2D eigenvalue weighted by Crippen LogP contribution is 2.16. The second-order valence-electron chi connectivity index (χ2n) is 5.21. The number of hydrogen-bond donors (Lipinski definition) is 0. The number of thiophene rings is 1. The van der Waals surface area contributed by atoms with Crippen LogP contribution in [0.4, 0.5) is 0 Å². The smallest absolute Gasteiger partial charge is 0.253 e. The molecular formula is C16H17BrN2OS. The molecule has 21 heavy (non-hydrogen) atoms. The van der Waals surface area contributed by atoms with Gasteiger partial charge in [0.1, 0.15) is 0 Å². The molecule has 2 heterocycles. The zero-order valence-corrected chi connectivity index (χ0v) is 14.1. The van der Waals surface area contributed by atoms with E-state index in [-0.39, 0.29) is 5.91 Å². The molecule has 1 aromatic carbocycles. The highest BCUT2D eigenvalue weighted by atomic mass is 79.9. The minimum atomic E-state index is 0.131. The van der Waals surface area contributed by atoms with Gasteiger partial charge in [-0.3, -0.25) is 9.69 Å². The monoisotopic (exact) mass is 364 g/mol. The fourth-order valence-corrected chi connectivity index (χ4v) is 3.61. The number of halogens is 1. The Balaban J connectivity index is 1.57. The Hall–Kier alpha value is -1.17. The molecule has 0 saturated carbocycles. The van der Waals surface area contributed by atoms with Crippen LogP contribution in [-0.4, -0.2) is 41.9 Å². The quantitative estimate of drug-likeness (QED) is 0.832. The van der Waals surface area contributed by atoms with Gasteiger partial charge in [0.15, 0.2) is 0 Å². The van der Waals surface area contributed by atoms with Gasteiger partial charge < -0.3 is 4.90 Å². The van der Waals surface area contributed by atoms with Crippen LogP contribution >= 0.6 is 27.3 Å². The molecule has 1 amide bonds. The standard InChI is InChI=1S/C16H17BrN2OS/c17-15-3-1-2-14(10-15)16(20)19-7-5-18(6-8-19)11-13-4-9-21-12-13/h1-4,9-10,12H,5-8,11H2. The summed E-state index contributed by atoms with van der Waals surface area (Å²) in [5, 5.41) is 4.31. The zero-order chi connectivity index (χ0) is 14.7. The van der Waals surface area contributed by atoms with Crippen molar-refractivity contribution in [3.8, 4) is 0 Å². The van der Waals surface area contributed by atoms with E-state index in [4.69, 9.17) is 0 Å². The maximum absolute atomic E-state index is 12.5. The summed E-state index contributed by atoms with van der Waals surface area (Å²) in [6.07, 6.45) is 0. The minimum absolute atomic E-state index is 0.131. The first-order chi connectivity index (χ1) is 10.2. The van der Waals surface area contributed by atoms with Crippen molar-refractivity contribution >= 4 is 33.2 Å².